The van der Waals surface area contributed by atoms with Gasteiger partial charge < -0.3 is 15.0 Å². The summed E-state index contributed by atoms with van der Waals surface area (Å²) >= 11 is 0. The van der Waals surface area contributed by atoms with Crippen molar-refractivity contribution in [1.82, 2.24) is 10.2 Å². The van der Waals surface area contributed by atoms with Gasteiger partial charge in [0.25, 0.3) is 11.8 Å². The highest BCUT2D eigenvalue weighted by Crippen LogP contribution is 2.16. The Kier molecular flexibility index (Phi) is 6.09. The van der Waals surface area contributed by atoms with Crippen LogP contribution in [0.25, 0.3) is 0 Å². The summed E-state index contributed by atoms with van der Waals surface area (Å²) in [5.41, 5.74) is 2.57. The molecular formula is C22H24N2O4. The average Bonchev–Trinajstić information content (AvgIpc) is 2.74. The molecule has 1 fully saturated rings. The molecule has 146 valence electrons. The van der Waals surface area contributed by atoms with Gasteiger partial charge in [-0.25, -0.2) is 4.79 Å². The topological polar surface area (TPSA) is 75.7 Å². The molecule has 0 saturated carbocycles. The highest BCUT2D eigenvalue weighted by molar-refractivity contribution is 5.98. The Balaban J connectivity index is 1.55. The van der Waals surface area contributed by atoms with E-state index in [0.717, 1.165) is 5.56 Å². The number of rotatable bonds is 4. The molecule has 0 bridgehead atoms. The molecule has 0 spiro atoms. The Morgan fingerprint density at radius 2 is 1.61 bits per heavy atom. The number of methoxy groups -OCH3 is 1. The first-order chi connectivity index (χ1) is 13.5. The van der Waals surface area contributed by atoms with E-state index in [-0.39, 0.29) is 17.9 Å². The molecule has 1 aliphatic rings. The first kappa shape index (κ1) is 19.6. The van der Waals surface area contributed by atoms with Gasteiger partial charge in [-0.2, -0.15) is 0 Å². The Labute approximate surface area is 164 Å². The molecule has 0 atom stereocenters. The summed E-state index contributed by atoms with van der Waals surface area (Å²) in [6.45, 7) is 3.18. The Bertz CT molecular complexity index is 868. The van der Waals surface area contributed by atoms with Crippen LogP contribution in [-0.4, -0.2) is 48.9 Å². The highest BCUT2D eigenvalue weighted by Gasteiger charge is 2.25. The number of aryl methyl sites for hydroxylation is 1. The van der Waals surface area contributed by atoms with Crippen molar-refractivity contribution in [3.05, 3.63) is 70.8 Å². The van der Waals surface area contributed by atoms with Crippen LogP contribution in [0.2, 0.25) is 0 Å². The predicted octanol–water partition coefficient (Wildman–Crippen LogP) is 2.82. The molecule has 0 unspecified atom stereocenters. The van der Waals surface area contributed by atoms with Gasteiger partial charge >= 0.3 is 5.97 Å². The molecule has 0 radical (unpaired) electrons. The lowest BCUT2D eigenvalue weighted by atomic mass is 10.0. The maximum Gasteiger partial charge on any atom is 0.337 e. The van der Waals surface area contributed by atoms with Crippen molar-refractivity contribution in [2.45, 2.75) is 25.8 Å². The van der Waals surface area contributed by atoms with Crippen LogP contribution in [0.15, 0.2) is 48.5 Å². The van der Waals surface area contributed by atoms with Gasteiger partial charge in [0.15, 0.2) is 0 Å². The number of likely N-dealkylation sites (tertiary alicyclic amines) is 1. The number of hydrogen-bond acceptors (Lipinski definition) is 4. The lowest BCUT2D eigenvalue weighted by molar-refractivity contribution is 0.0600. The molecule has 6 heteroatoms. The zero-order valence-corrected chi connectivity index (χ0v) is 16.1. The number of piperidine rings is 1. The minimum Gasteiger partial charge on any atom is -0.465 e. The van der Waals surface area contributed by atoms with Crippen molar-refractivity contribution in [3.8, 4) is 0 Å². The van der Waals surface area contributed by atoms with Crippen LogP contribution >= 0.6 is 0 Å². The number of benzene rings is 2. The summed E-state index contributed by atoms with van der Waals surface area (Å²) < 4.78 is 4.69. The van der Waals surface area contributed by atoms with E-state index >= 15 is 0 Å². The van der Waals surface area contributed by atoms with E-state index in [0.29, 0.717) is 42.6 Å². The molecule has 2 aromatic carbocycles. The minimum absolute atomic E-state index is 0.00338. The predicted molar refractivity (Wildman–Crippen MR) is 105 cm³/mol. The second kappa shape index (κ2) is 8.69. The Hall–Kier alpha value is -3.15. The maximum atomic E-state index is 12.6. The lowest BCUT2D eigenvalue weighted by Gasteiger charge is -2.32. The number of nitrogens with zero attached hydrogens (tertiary/aromatic N) is 1. The molecule has 28 heavy (non-hydrogen) atoms. The number of esters is 1. The van der Waals surface area contributed by atoms with Crippen LogP contribution < -0.4 is 5.32 Å². The van der Waals surface area contributed by atoms with E-state index in [1.165, 1.54) is 13.2 Å². The third-order valence-electron chi connectivity index (χ3n) is 4.96. The number of carbonyl (C=O) groups is 3. The number of nitrogens with one attached hydrogen (secondary N) is 1. The van der Waals surface area contributed by atoms with Crippen LogP contribution in [0.4, 0.5) is 0 Å². The standard InChI is InChI=1S/C22H24N2O4/c1-15-6-8-16(9-7-15)21(26)24-12-10-19(11-13-24)23-20(25)17-4-3-5-18(14-17)22(27)28-2/h3-9,14,19H,10-13H2,1-2H3,(H,23,25). The van der Waals surface area contributed by atoms with Crippen molar-refractivity contribution in [2.24, 2.45) is 0 Å². The largest absolute Gasteiger partial charge is 0.465 e. The van der Waals surface area contributed by atoms with Crippen LogP contribution in [0, 0.1) is 6.92 Å². The maximum absolute atomic E-state index is 12.6. The summed E-state index contributed by atoms with van der Waals surface area (Å²) in [5.74, 6) is -0.679. The fraction of sp³-hybridized carbons (Fsp3) is 0.318. The average molecular weight is 380 g/mol. The molecule has 6 nitrogen and oxygen atoms in total. The van der Waals surface area contributed by atoms with Gasteiger partial charge in [0.2, 0.25) is 0 Å². The molecule has 2 aromatic rings. The van der Waals surface area contributed by atoms with Crippen molar-refractivity contribution in [3.63, 3.8) is 0 Å². The molecule has 1 saturated heterocycles. The van der Waals surface area contributed by atoms with Gasteiger partial charge in [0.05, 0.1) is 12.7 Å². The van der Waals surface area contributed by atoms with Gasteiger partial charge in [-0.1, -0.05) is 23.8 Å². The zero-order valence-electron chi connectivity index (χ0n) is 16.1. The Morgan fingerprint density at radius 1 is 0.964 bits per heavy atom. The van der Waals surface area contributed by atoms with Crippen LogP contribution in [0.1, 0.15) is 49.5 Å². The summed E-state index contributed by atoms with van der Waals surface area (Å²) in [6.07, 6.45) is 1.39. The van der Waals surface area contributed by atoms with E-state index < -0.39 is 5.97 Å². The van der Waals surface area contributed by atoms with Crippen LogP contribution in [0.5, 0.6) is 0 Å². The molecular weight excluding hydrogens is 356 g/mol. The molecule has 1 heterocycles. The molecule has 3 rings (SSSR count). The minimum atomic E-state index is -0.474. The van der Waals surface area contributed by atoms with E-state index in [4.69, 9.17) is 4.74 Å². The quantitative estimate of drug-likeness (QED) is 0.828. The number of amides is 2. The normalized spacial score (nSPS) is 14.4. The fourth-order valence-corrected chi connectivity index (χ4v) is 3.28. The van der Waals surface area contributed by atoms with Crippen molar-refractivity contribution in [2.75, 3.05) is 20.2 Å². The molecule has 2 amide bonds. The second-order valence-electron chi connectivity index (χ2n) is 6.98. The molecule has 1 aliphatic heterocycles. The van der Waals surface area contributed by atoms with E-state index in [1.54, 1.807) is 18.2 Å². The van der Waals surface area contributed by atoms with Crippen molar-refractivity contribution >= 4 is 17.8 Å². The van der Waals surface area contributed by atoms with Crippen LogP contribution in [-0.2, 0) is 4.74 Å². The molecule has 1 N–H and O–H groups in total. The molecule has 0 aliphatic carbocycles. The summed E-state index contributed by atoms with van der Waals surface area (Å²) in [4.78, 5) is 38.5. The first-order valence-corrected chi connectivity index (χ1v) is 9.33. The van der Waals surface area contributed by atoms with Gasteiger partial charge in [-0.3, -0.25) is 9.59 Å². The van der Waals surface area contributed by atoms with Crippen molar-refractivity contribution < 1.29 is 19.1 Å². The molecule has 0 aromatic heterocycles. The Morgan fingerprint density at radius 3 is 2.25 bits per heavy atom. The van der Waals surface area contributed by atoms with E-state index in [9.17, 15) is 14.4 Å². The summed E-state index contributed by atoms with van der Waals surface area (Å²) in [6, 6.07) is 14.0. The van der Waals surface area contributed by atoms with E-state index in [1.807, 2.05) is 36.1 Å². The van der Waals surface area contributed by atoms with Gasteiger partial charge in [0, 0.05) is 30.3 Å². The van der Waals surface area contributed by atoms with Crippen molar-refractivity contribution in [1.29, 1.82) is 0 Å². The van der Waals surface area contributed by atoms with Crippen LogP contribution in [0.3, 0.4) is 0 Å². The fourth-order valence-electron chi connectivity index (χ4n) is 3.28. The monoisotopic (exact) mass is 380 g/mol. The zero-order chi connectivity index (χ0) is 20.1. The van der Waals surface area contributed by atoms with Gasteiger partial charge in [0.1, 0.15) is 0 Å². The number of hydrogen-bond donors (Lipinski definition) is 1. The highest BCUT2D eigenvalue weighted by atomic mass is 16.5. The summed E-state index contributed by atoms with van der Waals surface area (Å²) in [5, 5.41) is 3.00. The summed E-state index contributed by atoms with van der Waals surface area (Å²) in [7, 11) is 1.31. The SMILES string of the molecule is COC(=O)c1cccc(C(=O)NC2CCN(C(=O)c3ccc(C)cc3)CC2)c1. The smallest absolute Gasteiger partial charge is 0.337 e. The third kappa shape index (κ3) is 4.57. The van der Waals surface area contributed by atoms with Gasteiger partial charge in [-0.15, -0.1) is 0 Å². The van der Waals surface area contributed by atoms with Gasteiger partial charge in [-0.05, 0) is 50.1 Å². The third-order valence-corrected chi connectivity index (χ3v) is 4.96. The van der Waals surface area contributed by atoms with E-state index in [2.05, 4.69) is 5.32 Å². The lowest BCUT2D eigenvalue weighted by Crippen LogP contribution is -2.46. The number of ether oxygens (including phenoxy) is 1. The first-order valence-electron chi connectivity index (χ1n) is 9.33. The number of carbonyl (C=O) groups excluding carboxylic acids is 3. The second-order valence-corrected chi connectivity index (χ2v) is 6.98.